The molecule has 6 heteroatoms. The third-order valence-corrected chi connectivity index (χ3v) is 3.49. The summed E-state index contributed by atoms with van der Waals surface area (Å²) in [5, 5.41) is 9.18. The van der Waals surface area contributed by atoms with Crippen LogP contribution in [0.2, 0.25) is 0 Å². The standard InChI is InChI=1S/C11H17N3O3/c1-6-7(2)10(17-8(6)5-15)14-4-3-9(12)13-11(14)16/h3-4,6-8,10,15H,5H2,1-2H3,(H2,12,13,16)/t6-,7?,8+,10+/m0/s1. The summed E-state index contributed by atoms with van der Waals surface area (Å²) in [7, 11) is 0. The summed E-state index contributed by atoms with van der Waals surface area (Å²) in [6, 6.07) is 1.56. The van der Waals surface area contributed by atoms with E-state index < -0.39 is 5.69 Å². The maximum atomic E-state index is 11.7. The van der Waals surface area contributed by atoms with Crippen molar-refractivity contribution < 1.29 is 9.84 Å². The first-order valence-corrected chi connectivity index (χ1v) is 5.65. The highest BCUT2D eigenvalue weighted by molar-refractivity contribution is 5.23. The summed E-state index contributed by atoms with van der Waals surface area (Å²) < 4.78 is 7.10. The van der Waals surface area contributed by atoms with Crippen molar-refractivity contribution >= 4 is 5.82 Å². The Balaban J connectivity index is 2.32. The molecule has 94 valence electrons. The van der Waals surface area contributed by atoms with Crippen LogP contribution in [0, 0.1) is 11.8 Å². The maximum Gasteiger partial charge on any atom is 0.351 e. The zero-order valence-corrected chi connectivity index (χ0v) is 9.91. The molecular formula is C11H17N3O3. The smallest absolute Gasteiger partial charge is 0.351 e. The first-order chi connectivity index (χ1) is 8.04. The Labute approximate surface area is 99.0 Å². The zero-order valence-electron chi connectivity index (χ0n) is 9.91. The number of ether oxygens (including phenoxy) is 1. The van der Waals surface area contributed by atoms with Crippen molar-refractivity contribution in [2.45, 2.75) is 26.2 Å². The fraction of sp³-hybridized carbons (Fsp3) is 0.636. The topological polar surface area (TPSA) is 90.4 Å². The number of hydrogen-bond acceptors (Lipinski definition) is 5. The minimum Gasteiger partial charge on any atom is -0.394 e. The van der Waals surface area contributed by atoms with Crippen molar-refractivity contribution in [3.05, 3.63) is 22.7 Å². The molecule has 1 saturated heterocycles. The molecule has 0 bridgehead atoms. The third-order valence-electron chi connectivity index (χ3n) is 3.49. The summed E-state index contributed by atoms with van der Waals surface area (Å²) in [5.41, 5.74) is 5.01. The van der Waals surface area contributed by atoms with Crippen molar-refractivity contribution in [1.29, 1.82) is 0 Å². The van der Waals surface area contributed by atoms with Gasteiger partial charge in [-0.05, 0) is 12.0 Å². The Kier molecular flexibility index (Phi) is 3.17. The highest BCUT2D eigenvalue weighted by Gasteiger charge is 2.39. The summed E-state index contributed by atoms with van der Waals surface area (Å²) in [6.45, 7) is 3.95. The van der Waals surface area contributed by atoms with Crippen molar-refractivity contribution in [1.82, 2.24) is 9.55 Å². The molecule has 1 aliphatic heterocycles. The molecule has 0 aliphatic carbocycles. The molecule has 2 heterocycles. The van der Waals surface area contributed by atoms with E-state index in [0.29, 0.717) is 0 Å². The molecule has 1 unspecified atom stereocenters. The average molecular weight is 239 g/mol. The second-order valence-electron chi connectivity index (χ2n) is 4.51. The molecule has 0 amide bonds. The van der Waals surface area contributed by atoms with Crippen LogP contribution in [0.3, 0.4) is 0 Å². The van der Waals surface area contributed by atoms with Gasteiger partial charge in [-0.2, -0.15) is 4.98 Å². The van der Waals surface area contributed by atoms with Gasteiger partial charge < -0.3 is 15.6 Å². The molecule has 1 aromatic heterocycles. The van der Waals surface area contributed by atoms with Gasteiger partial charge in [0, 0.05) is 12.1 Å². The van der Waals surface area contributed by atoms with Crippen LogP contribution in [-0.2, 0) is 4.74 Å². The van der Waals surface area contributed by atoms with Crippen LogP contribution in [0.25, 0.3) is 0 Å². The highest BCUT2D eigenvalue weighted by atomic mass is 16.5. The Hall–Kier alpha value is -1.40. The maximum absolute atomic E-state index is 11.7. The number of nitrogens with two attached hydrogens (primary N) is 1. The number of aromatic nitrogens is 2. The summed E-state index contributed by atoms with van der Waals surface area (Å²) in [6.07, 6.45) is 0.959. The van der Waals surface area contributed by atoms with Gasteiger partial charge in [0.25, 0.3) is 0 Å². The Morgan fingerprint density at radius 3 is 2.76 bits per heavy atom. The zero-order chi connectivity index (χ0) is 12.6. The van der Waals surface area contributed by atoms with Gasteiger partial charge >= 0.3 is 5.69 Å². The molecule has 1 aromatic rings. The molecule has 0 spiro atoms. The van der Waals surface area contributed by atoms with E-state index in [1.54, 1.807) is 12.3 Å². The van der Waals surface area contributed by atoms with Crippen molar-refractivity contribution in [2.24, 2.45) is 11.8 Å². The number of aliphatic hydroxyl groups is 1. The van der Waals surface area contributed by atoms with Crippen LogP contribution < -0.4 is 11.4 Å². The predicted molar refractivity (Wildman–Crippen MR) is 62.2 cm³/mol. The summed E-state index contributed by atoms with van der Waals surface area (Å²) >= 11 is 0. The molecule has 0 aromatic carbocycles. The largest absolute Gasteiger partial charge is 0.394 e. The van der Waals surface area contributed by atoms with Crippen LogP contribution in [0.5, 0.6) is 0 Å². The molecule has 3 N–H and O–H groups in total. The molecule has 4 atom stereocenters. The van der Waals surface area contributed by atoms with Gasteiger partial charge in [0.15, 0.2) is 0 Å². The molecular weight excluding hydrogens is 222 g/mol. The fourth-order valence-electron chi connectivity index (χ4n) is 2.17. The lowest BCUT2D eigenvalue weighted by atomic mass is 9.93. The van der Waals surface area contributed by atoms with E-state index in [4.69, 9.17) is 10.5 Å². The number of aliphatic hydroxyl groups excluding tert-OH is 1. The van der Waals surface area contributed by atoms with Gasteiger partial charge in [0.1, 0.15) is 12.0 Å². The molecule has 1 fully saturated rings. The highest BCUT2D eigenvalue weighted by Crippen LogP contribution is 2.37. The lowest BCUT2D eigenvalue weighted by Crippen LogP contribution is -2.29. The van der Waals surface area contributed by atoms with E-state index in [2.05, 4.69) is 4.98 Å². The second kappa shape index (κ2) is 4.46. The van der Waals surface area contributed by atoms with Crippen LogP contribution in [0.15, 0.2) is 17.1 Å². The summed E-state index contributed by atoms with van der Waals surface area (Å²) in [5.74, 6) is 0.522. The van der Waals surface area contributed by atoms with Gasteiger partial charge in [-0.15, -0.1) is 0 Å². The van der Waals surface area contributed by atoms with E-state index in [1.807, 2.05) is 13.8 Å². The summed E-state index contributed by atoms with van der Waals surface area (Å²) in [4.78, 5) is 15.4. The van der Waals surface area contributed by atoms with Crippen molar-refractivity contribution in [3.63, 3.8) is 0 Å². The van der Waals surface area contributed by atoms with Crippen molar-refractivity contribution in [3.8, 4) is 0 Å². The van der Waals surface area contributed by atoms with Gasteiger partial charge in [-0.3, -0.25) is 4.57 Å². The van der Waals surface area contributed by atoms with Crippen LogP contribution in [-0.4, -0.2) is 27.4 Å². The molecule has 6 nitrogen and oxygen atoms in total. The van der Waals surface area contributed by atoms with Gasteiger partial charge in [-0.25, -0.2) is 4.79 Å². The second-order valence-corrected chi connectivity index (χ2v) is 4.51. The van der Waals surface area contributed by atoms with E-state index in [0.717, 1.165) is 0 Å². The Bertz CT molecular complexity index is 460. The number of rotatable bonds is 2. The first kappa shape index (κ1) is 12.1. The fourth-order valence-corrected chi connectivity index (χ4v) is 2.17. The average Bonchev–Trinajstić information content (AvgIpc) is 2.57. The van der Waals surface area contributed by atoms with E-state index in [1.165, 1.54) is 4.57 Å². The first-order valence-electron chi connectivity index (χ1n) is 5.65. The quantitative estimate of drug-likeness (QED) is 0.757. The SMILES string of the molecule is CC1[C@H](n2ccc(N)nc2=O)O[C@H](CO)[C@H]1C. The van der Waals surface area contributed by atoms with Crippen molar-refractivity contribution in [2.75, 3.05) is 12.3 Å². The number of anilines is 1. The lowest BCUT2D eigenvalue weighted by Gasteiger charge is -2.18. The molecule has 17 heavy (non-hydrogen) atoms. The molecule has 1 aliphatic rings. The Morgan fingerprint density at radius 2 is 2.24 bits per heavy atom. The number of nitrogens with zero attached hydrogens (tertiary/aromatic N) is 2. The molecule has 0 radical (unpaired) electrons. The normalized spacial score (nSPS) is 32.9. The number of nitrogen functional groups attached to an aromatic ring is 1. The van der Waals surface area contributed by atoms with Gasteiger partial charge in [0.2, 0.25) is 0 Å². The van der Waals surface area contributed by atoms with E-state index >= 15 is 0 Å². The lowest BCUT2D eigenvalue weighted by molar-refractivity contribution is -0.0375. The third kappa shape index (κ3) is 2.05. The minimum absolute atomic E-state index is 0.0425. The number of hydrogen-bond donors (Lipinski definition) is 2. The Morgan fingerprint density at radius 1 is 1.53 bits per heavy atom. The van der Waals surface area contributed by atoms with Crippen LogP contribution in [0.4, 0.5) is 5.82 Å². The monoisotopic (exact) mass is 239 g/mol. The van der Waals surface area contributed by atoms with Crippen LogP contribution in [0.1, 0.15) is 20.1 Å². The molecule has 0 saturated carbocycles. The van der Waals surface area contributed by atoms with E-state index in [9.17, 15) is 9.90 Å². The molecule has 2 rings (SSSR count). The van der Waals surface area contributed by atoms with E-state index in [-0.39, 0.29) is 36.6 Å². The van der Waals surface area contributed by atoms with Crippen LogP contribution >= 0.6 is 0 Å². The minimum atomic E-state index is -0.423. The predicted octanol–water partition coefficient (Wildman–Crippen LogP) is -0.0126. The van der Waals surface area contributed by atoms with Gasteiger partial charge in [-0.1, -0.05) is 13.8 Å². The van der Waals surface area contributed by atoms with Gasteiger partial charge in [0.05, 0.1) is 12.7 Å².